The zero-order valence-corrected chi connectivity index (χ0v) is 16.4. The van der Waals surface area contributed by atoms with Gasteiger partial charge in [0, 0.05) is 36.7 Å². The molecular weight excluding hydrogens is 374 g/mol. The van der Waals surface area contributed by atoms with Crippen molar-refractivity contribution in [3.05, 3.63) is 84.4 Å². The van der Waals surface area contributed by atoms with Crippen LogP contribution in [0, 0.1) is 0 Å². The molecule has 3 aromatic carbocycles. The number of para-hydroxylation sites is 1. The number of sulfonamides is 1. The maximum Gasteiger partial charge on any atom is 0.261 e. The van der Waals surface area contributed by atoms with Crippen molar-refractivity contribution in [1.82, 2.24) is 0 Å². The zero-order valence-electron chi connectivity index (χ0n) is 15.6. The first kappa shape index (κ1) is 19.4. The molecule has 144 valence electrons. The van der Waals surface area contributed by atoms with Crippen molar-refractivity contribution in [2.24, 2.45) is 0 Å². The monoisotopic (exact) mass is 395 g/mol. The number of amides is 1. The molecule has 0 aliphatic heterocycles. The predicted octanol–water partition coefficient (Wildman–Crippen LogP) is 3.81. The summed E-state index contributed by atoms with van der Waals surface area (Å²) in [7, 11) is -0.00310. The van der Waals surface area contributed by atoms with E-state index in [1.165, 1.54) is 12.1 Å². The first-order valence-corrected chi connectivity index (χ1v) is 10.1. The summed E-state index contributed by atoms with van der Waals surface area (Å²) in [6.07, 6.45) is 0. The average Bonchev–Trinajstić information content (AvgIpc) is 2.69. The number of rotatable bonds is 6. The van der Waals surface area contributed by atoms with E-state index in [4.69, 9.17) is 0 Å². The zero-order chi connectivity index (χ0) is 20.1. The quantitative estimate of drug-likeness (QED) is 0.665. The normalized spacial score (nSPS) is 10.9. The van der Waals surface area contributed by atoms with E-state index in [2.05, 4.69) is 10.0 Å². The SMILES string of the molecule is CN(C)c1ccc(NS(=O)(=O)c2cccc(C(=O)Nc3ccccc3)c2)cc1. The summed E-state index contributed by atoms with van der Waals surface area (Å²) >= 11 is 0. The molecule has 0 aliphatic carbocycles. The van der Waals surface area contributed by atoms with E-state index in [9.17, 15) is 13.2 Å². The standard InChI is InChI=1S/C21H21N3O3S/c1-24(2)19-13-11-18(12-14-19)23-28(26,27)20-10-6-7-16(15-20)21(25)22-17-8-4-3-5-9-17/h3-15,23H,1-2H3,(H,22,25). The van der Waals surface area contributed by atoms with Crippen LogP contribution in [-0.4, -0.2) is 28.4 Å². The van der Waals surface area contributed by atoms with Gasteiger partial charge in [0.1, 0.15) is 0 Å². The number of nitrogens with one attached hydrogen (secondary N) is 2. The molecule has 0 atom stereocenters. The van der Waals surface area contributed by atoms with Crippen LogP contribution in [0.15, 0.2) is 83.8 Å². The van der Waals surface area contributed by atoms with Gasteiger partial charge in [-0.05, 0) is 54.6 Å². The summed E-state index contributed by atoms with van der Waals surface area (Å²) in [5, 5.41) is 2.74. The maximum atomic E-state index is 12.7. The molecule has 3 rings (SSSR count). The molecule has 0 aliphatic rings. The van der Waals surface area contributed by atoms with Gasteiger partial charge < -0.3 is 10.2 Å². The number of anilines is 3. The van der Waals surface area contributed by atoms with Crippen molar-refractivity contribution in [2.75, 3.05) is 29.0 Å². The summed E-state index contributed by atoms with van der Waals surface area (Å²) in [5.41, 5.74) is 2.31. The van der Waals surface area contributed by atoms with Crippen molar-refractivity contribution < 1.29 is 13.2 Å². The van der Waals surface area contributed by atoms with Crippen LogP contribution in [0.2, 0.25) is 0 Å². The van der Waals surface area contributed by atoms with Gasteiger partial charge in [0.25, 0.3) is 15.9 Å². The molecule has 6 nitrogen and oxygen atoms in total. The number of hydrogen-bond acceptors (Lipinski definition) is 4. The molecule has 0 bridgehead atoms. The van der Waals surface area contributed by atoms with Crippen molar-refractivity contribution in [1.29, 1.82) is 0 Å². The van der Waals surface area contributed by atoms with Crippen LogP contribution >= 0.6 is 0 Å². The van der Waals surface area contributed by atoms with E-state index in [1.54, 1.807) is 36.4 Å². The maximum absolute atomic E-state index is 12.7. The van der Waals surface area contributed by atoms with E-state index in [0.29, 0.717) is 11.4 Å². The fraction of sp³-hybridized carbons (Fsp3) is 0.0952. The summed E-state index contributed by atoms with van der Waals surface area (Å²) in [6, 6.07) is 21.9. The first-order valence-electron chi connectivity index (χ1n) is 8.62. The van der Waals surface area contributed by atoms with E-state index in [1.807, 2.05) is 49.3 Å². The van der Waals surface area contributed by atoms with Gasteiger partial charge in [-0.15, -0.1) is 0 Å². The molecule has 0 spiro atoms. The lowest BCUT2D eigenvalue weighted by Gasteiger charge is -2.14. The van der Waals surface area contributed by atoms with E-state index in [-0.39, 0.29) is 16.4 Å². The minimum absolute atomic E-state index is 0.0184. The fourth-order valence-electron chi connectivity index (χ4n) is 2.57. The van der Waals surface area contributed by atoms with Crippen LogP contribution in [0.3, 0.4) is 0 Å². The number of nitrogens with zero attached hydrogens (tertiary/aromatic N) is 1. The Labute approximate surface area is 164 Å². The Morgan fingerprint density at radius 3 is 2.14 bits per heavy atom. The Morgan fingerprint density at radius 2 is 1.50 bits per heavy atom. The van der Waals surface area contributed by atoms with Gasteiger partial charge >= 0.3 is 0 Å². The van der Waals surface area contributed by atoms with Gasteiger partial charge in [-0.2, -0.15) is 0 Å². The van der Waals surface area contributed by atoms with E-state index < -0.39 is 10.0 Å². The van der Waals surface area contributed by atoms with Crippen LogP contribution < -0.4 is 14.9 Å². The molecule has 0 heterocycles. The second-order valence-corrected chi connectivity index (χ2v) is 8.08. The third kappa shape index (κ3) is 4.69. The minimum Gasteiger partial charge on any atom is -0.378 e. The summed E-state index contributed by atoms with van der Waals surface area (Å²) in [4.78, 5) is 14.4. The molecule has 2 N–H and O–H groups in total. The highest BCUT2D eigenvalue weighted by atomic mass is 32.2. The summed E-state index contributed by atoms with van der Waals surface area (Å²) in [6.45, 7) is 0. The van der Waals surface area contributed by atoms with Crippen LogP contribution in [-0.2, 0) is 10.0 Å². The van der Waals surface area contributed by atoms with Crippen molar-refractivity contribution in [3.8, 4) is 0 Å². The van der Waals surface area contributed by atoms with Gasteiger partial charge in [-0.1, -0.05) is 24.3 Å². The third-order valence-electron chi connectivity index (χ3n) is 4.07. The minimum atomic E-state index is -3.82. The third-order valence-corrected chi connectivity index (χ3v) is 5.45. The molecule has 7 heteroatoms. The molecule has 0 aromatic heterocycles. The smallest absolute Gasteiger partial charge is 0.261 e. The van der Waals surface area contributed by atoms with Gasteiger partial charge in [0.2, 0.25) is 0 Å². The highest BCUT2D eigenvalue weighted by Crippen LogP contribution is 2.20. The molecule has 1 amide bonds. The molecule has 0 radical (unpaired) electrons. The average molecular weight is 395 g/mol. The van der Waals surface area contributed by atoms with Crippen LogP contribution in [0.1, 0.15) is 10.4 Å². The van der Waals surface area contributed by atoms with Crippen molar-refractivity contribution >= 4 is 33.0 Å². The van der Waals surface area contributed by atoms with Crippen molar-refractivity contribution in [3.63, 3.8) is 0 Å². The Morgan fingerprint density at radius 1 is 0.821 bits per heavy atom. The Balaban J connectivity index is 1.79. The molecule has 0 saturated heterocycles. The van der Waals surface area contributed by atoms with E-state index >= 15 is 0 Å². The second-order valence-electron chi connectivity index (χ2n) is 6.39. The Kier molecular flexibility index (Phi) is 5.65. The number of hydrogen-bond donors (Lipinski definition) is 2. The highest BCUT2D eigenvalue weighted by molar-refractivity contribution is 7.92. The predicted molar refractivity (Wildman–Crippen MR) is 112 cm³/mol. The van der Waals surface area contributed by atoms with Crippen LogP contribution in [0.5, 0.6) is 0 Å². The van der Waals surface area contributed by atoms with Crippen LogP contribution in [0.4, 0.5) is 17.1 Å². The Bertz CT molecular complexity index is 1060. The van der Waals surface area contributed by atoms with Gasteiger partial charge in [-0.25, -0.2) is 8.42 Å². The molecule has 3 aromatic rings. The fourth-order valence-corrected chi connectivity index (χ4v) is 3.68. The van der Waals surface area contributed by atoms with Gasteiger partial charge in [-0.3, -0.25) is 9.52 Å². The summed E-state index contributed by atoms with van der Waals surface area (Å²) in [5.74, 6) is -0.376. The molecule has 0 saturated carbocycles. The molecule has 0 unspecified atom stereocenters. The number of carbonyl (C=O) groups is 1. The molecular formula is C21H21N3O3S. The van der Waals surface area contributed by atoms with E-state index in [0.717, 1.165) is 5.69 Å². The topological polar surface area (TPSA) is 78.5 Å². The lowest BCUT2D eigenvalue weighted by Crippen LogP contribution is -2.16. The highest BCUT2D eigenvalue weighted by Gasteiger charge is 2.17. The number of benzene rings is 3. The molecule has 28 heavy (non-hydrogen) atoms. The number of carbonyl (C=O) groups excluding carboxylic acids is 1. The molecule has 0 fully saturated rings. The van der Waals surface area contributed by atoms with Gasteiger partial charge in [0.15, 0.2) is 0 Å². The summed E-state index contributed by atoms with van der Waals surface area (Å²) < 4.78 is 27.9. The lowest BCUT2D eigenvalue weighted by molar-refractivity contribution is 0.102. The first-order chi connectivity index (χ1) is 13.3. The largest absolute Gasteiger partial charge is 0.378 e. The van der Waals surface area contributed by atoms with Gasteiger partial charge in [0.05, 0.1) is 4.90 Å². The van der Waals surface area contributed by atoms with Crippen LogP contribution in [0.25, 0.3) is 0 Å². The lowest BCUT2D eigenvalue weighted by atomic mass is 10.2. The second kappa shape index (κ2) is 8.14. The van der Waals surface area contributed by atoms with Crippen molar-refractivity contribution in [2.45, 2.75) is 4.90 Å². The Hall–Kier alpha value is -3.32.